The summed E-state index contributed by atoms with van der Waals surface area (Å²) < 4.78 is 6.29. The molecular weight excluding hydrogens is 324 g/mol. The van der Waals surface area contributed by atoms with Crippen LogP contribution >= 0.6 is 11.5 Å². The summed E-state index contributed by atoms with van der Waals surface area (Å²) in [5.74, 6) is 2.35. The maximum atomic E-state index is 4.63. The van der Waals surface area contributed by atoms with Gasteiger partial charge >= 0.3 is 0 Å². The first-order valence-corrected chi connectivity index (χ1v) is 8.91. The summed E-state index contributed by atoms with van der Waals surface area (Å²) >= 11 is 1.52. The Bertz CT molecular complexity index is 818. The van der Waals surface area contributed by atoms with Crippen molar-refractivity contribution in [1.82, 2.24) is 33.8 Å². The minimum Gasteiger partial charge on any atom is -0.353 e. The van der Waals surface area contributed by atoms with Crippen LogP contribution < -0.4 is 4.90 Å². The Labute approximate surface area is 144 Å². The highest BCUT2D eigenvalue weighted by molar-refractivity contribution is 7.05. The van der Waals surface area contributed by atoms with Crippen molar-refractivity contribution in [3.63, 3.8) is 0 Å². The molecule has 4 rings (SSSR count). The van der Waals surface area contributed by atoms with Crippen LogP contribution in [0, 0.1) is 0 Å². The maximum absolute atomic E-state index is 4.63. The zero-order valence-corrected chi connectivity index (χ0v) is 14.6. The van der Waals surface area contributed by atoms with Crippen LogP contribution in [0.3, 0.4) is 0 Å². The molecule has 0 saturated carbocycles. The van der Waals surface area contributed by atoms with Gasteiger partial charge in [-0.3, -0.25) is 9.88 Å². The zero-order valence-electron chi connectivity index (χ0n) is 13.8. The first-order valence-electron chi connectivity index (χ1n) is 8.14. The minimum atomic E-state index is 0.391. The van der Waals surface area contributed by atoms with Gasteiger partial charge in [0.05, 0.1) is 18.9 Å². The van der Waals surface area contributed by atoms with E-state index < -0.39 is 0 Å². The standard InChI is InChI=1S/C15H20N8S/c1-11(2)15-19-13(24-20-15)9-21-3-5-22(6-4-21)14-8-16-7-12-17-10-18-23(12)14/h7-8,10-11H,3-6,9H2,1-2H3. The lowest BCUT2D eigenvalue weighted by molar-refractivity contribution is 0.248. The second-order valence-corrected chi connectivity index (χ2v) is 7.10. The molecule has 0 bridgehead atoms. The van der Waals surface area contributed by atoms with Crippen LogP contribution in [0.1, 0.15) is 30.6 Å². The predicted octanol–water partition coefficient (Wildman–Crippen LogP) is 1.42. The lowest BCUT2D eigenvalue weighted by atomic mass is 10.2. The first-order chi connectivity index (χ1) is 11.7. The summed E-state index contributed by atoms with van der Waals surface area (Å²) in [6, 6.07) is 0. The van der Waals surface area contributed by atoms with Crippen molar-refractivity contribution in [1.29, 1.82) is 0 Å². The fourth-order valence-electron chi connectivity index (χ4n) is 2.85. The number of rotatable bonds is 4. The van der Waals surface area contributed by atoms with Gasteiger partial charge in [0.15, 0.2) is 11.5 Å². The average molecular weight is 344 g/mol. The molecule has 0 unspecified atom stereocenters. The normalized spacial score (nSPS) is 16.4. The highest BCUT2D eigenvalue weighted by Gasteiger charge is 2.21. The third-order valence-electron chi connectivity index (χ3n) is 4.23. The van der Waals surface area contributed by atoms with Gasteiger partial charge in [0.25, 0.3) is 0 Å². The minimum absolute atomic E-state index is 0.391. The summed E-state index contributed by atoms with van der Waals surface area (Å²) in [6.45, 7) is 8.99. The van der Waals surface area contributed by atoms with Gasteiger partial charge in [0.2, 0.25) is 0 Å². The summed E-state index contributed by atoms with van der Waals surface area (Å²) in [5, 5.41) is 5.40. The molecule has 24 heavy (non-hydrogen) atoms. The van der Waals surface area contributed by atoms with Crippen LogP contribution in [0.2, 0.25) is 0 Å². The van der Waals surface area contributed by atoms with Crippen LogP contribution in [0.4, 0.5) is 5.82 Å². The third kappa shape index (κ3) is 2.96. The summed E-state index contributed by atoms with van der Waals surface area (Å²) in [7, 11) is 0. The first kappa shape index (κ1) is 15.4. The molecule has 0 N–H and O–H groups in total. The van der Waals surface area contributed by atoms with Crippen molar-refractivity contribution in [3.05, 3.63) is 29.6 Å². The third-order valence-corrected chi connectivity index (χ3v) is 4.94. The van der Waals surface area contributed by atoms with Gasteiger partial charge in [0, 0.05) is 32.1 Å². The van der Waals surface area contributed by atoms with E-state index >= 15 is 0 Å². The number of hydrogen-bond acceptors (Lipinski definition) is 8. The van der Waals surface area contributed by atoms with Crippen LogP contribution in [0.25, 0.3) is 5.65 Å². The zero-order chi connectivity index (χ0) is 16.5. The molecule has 3 aromatic heterocycles. The molecule has 126 valence electrons. The fraction of sp³-hybridized carbons (Fsp3) is 0.533. The van der Waals surface area contributed by atoms with Gasteiger partial charge in [-0.2, -0.15) is 14.0 Å². The Hall–Kier alpha value is -2.13. The van der Waals surface area contributed by atoms with E-state index in [9.17, 15) is 0 Å². The molecule has 3 aromatic rings. The number of fused-ring (bicyclic) bond motifs is 1. The molecule has 4 heterocycles. The van der Waals surface area contributed by atoms with E-state index in [1.165, 1.54) is 11.5 Å². The van der Waals surface area contributed by atoms with Crippen molar-refractivity contribution < 1.29 is 0 Å². The number of aromatic nitrogens is 6. The van der Waals surface area contributed by atoms with Gasteiger partial charge in [-0.25, -0.2) is 9.97 Å². The molecule has 0 amide bonds. The lowest BCUT2D eigenvalue weighted by Crippen LogP contribution is -2.46. The van der Waals surface area contributed by atoms with E-state index in [4.69, 9.17) is 0 Å². The topological polar surface area (TPSA) is 75.3 Å². The van der Waals surface area contributed by atoms with Crippen molar-refractivity contribution >= 4 is 23.0 Å². The molecule has 0 atom stereocenters. The largest absolute Gasteiger partial charge is 0.353 e. The molecule has 1 fully saturated rings. The molecule has 0 aliphatic carbocycles. The fourth-order valence-corrected chi connectivity index (χ4v) is 3.67. The second kappa shape index (κ2) is 6.40. The molecule has 8 nitrogen and oxygen atoms in total. The number of anilines is 1. The van der Waals surface area contributed by atoms with E-state index in [1.807, 2.05) is 10.7 Å². The number of hydrogen-bond donors (Lipinski definition) is 0. The van der Waals surface area contributed by atoms with Crippen LogP contribution in [0.15, 0.2) is 18.7 Å². The summed E-state index contributed by atoms with van der Waals surface area (Å²) in [5.41, 5.74) is 0.782. The molecule has 1 aliphatic rings. The van der Waals surface area contributed by atoms with Gasteiger partial charge in [-0.1, -0.05) is 13.8 Å². The van der Waals surface area contributed by atoms with Crippen molar-refractivity contribution in [2.24, 2.45) is 0 Å². The van der Waals surface area contributed by atoms with Crippen LogP contribution in [0.5, 0.6) is 0 Å². The van der Waals surface area contributed by atoms with Gasteiger partial charge in [-0.15, -0.1) is 0 Å². The predicted molar refractivity (Wildman–Crippen MR) is 92.3 cm³/mol. The molecule has 9 heteroatoms. The Balaban J connectivity index is 1.40. The maximum Gasteiger partial charge on any atom is 0.175 e. The van der Waals surface area contributed by atoms with Crippen molar-refractivity contribution in [3.8, 4) is 0 Å². The number of piperazine rings is 1. The number of nitrogens with zero attached hydrogens (tertiary/aromatic N) is 8. The quantitative estimate of drug-likeness (QED) is 0.708. The summed E-state index contributed by atoms with van der Waals surface area (Å²) in [4.78, 5) is 17.8. The van der Waals surface area contributed by atoms with Crippen LogP contribution in [-0.2, 0) is 6.54 Å². The second-order valence-electron chi connectivity index (χ2n) is 6.26. The molecule has 0 aromatic carbocycles. The molecule has 0 radical (unpaired) electrons. The molecule has 0 spiro atoms. The summed E-state index contributed by atoms with van der Waals surface area (Å²) in [6.07, 6.45) is 5.16. The average Bonchev–Trinajstić information content (AvgIpc) is 3.24. The van der Waals surface area contributed by atoms with Gasteiger partial charge in [-0.05, 0) is 11.5 Å². The van der Waals surface area contributed by atoms with E-state index in [0.717, 1.165) is 55.0 Å². The van der Waals surface area contributed by atoms with E-state index in [1.54, 1.807) is 12.5 Å². The Morgan fingerprint density at radius 2 is 2.00 bits per heavy atom. The highest BCUT2D eigenvalue weighted by Crippen LogP contribution is 2.18. The van der Waals surface area contributed by atoms with E-state index in [2.05, 4.69) is 48.1 Å². The van der Waals surface area contributed by atoms with E-state index in [0.29, 0.717) is 5.92 Å². The van der Waals surface area contributed by atoms with Crippen molar-refractivity contribution in [2.75, 3.05) is 31.1 Å². The molecule has 1 saturated heterocycles. The Morgan fingerprint density at radius 3 is 2.75 bits per heavy atom. The monoisotopic (exact) mass is 344 g/mol. The Morgan fingerprint density at radius 1 is 1.17 bits per heavy atom. The molecular formula is C15H20N8S. The smallest absolute Gasteiger partial charge is 0.175 e. The highest BCUT2D eigenvalue weighted by atomic mass is 32.1. The van der Waals surface area contributed by atoms with Gasteiger partial charge in [0.1, 0.15) is 17.2 Å². The van der Waals surface area contributed by atoms with Gasteiger partial charge < -0.3 is 4.90 Å². The van der Waals surface area contributed by atoms with E-state index in [-0.39, 0.29) is 0 Å². The Kier molecular flexibility index (Phi) is 4.11. The van der Waals surface area contributed by atoms with Crippen LogP contribution in [-0.4, -0.2) is 60.0 Å². The lowest BCUT2D eigenvalue weighted by Gasteiger charge is -2.35. The molecule has 1 aliphatic heterocycles. The van der Waals surface area contributed by atoms with Crippen molar-refractivity contribution in [2.45, 2.75) is 26.3 Å². The SMILES string of the molecule is CC(C)c1nsc(CN2CCN(c3cncc4ncnn34)CC2)n1.